The van der Waals surface area contributed by atoms with Gasteiger partial charge in [-0.3, -0.25) is 14.5 Å². The summed E-state index contributed by atoms with van der Waals surface area (Å²) in [5.41, 5.74) is 1.20. The standard InChI is InChI=1S/C24H16BrCl2NO6S2/c1-33-20-11-14(10-19(27)22(20)34-36(31,32)17-8-6-16(26)7-9-17)12-21-23(29)28(24(30)35-21)13-15-4-2-3-5-18(15)25/h2-12H,13H2,1H3/b21-12-. The molecule has 3 aromatic rings. The SMILES string of the molecule is COc1cc(/C=C2\SC(=O)N(Cc3ccccc3Br)C2=O)cc(Cl)c1OS(=O)(=O)c1ccc(Cl)cc1. The van der Waals surface area contributed by atoms with Gasteiger partial charge in [-0.2, -0.15) is 8.42 Å². The van der Waals surface area contributed by atoms with Crippen molar-refractivity contribution in [3.63, 3.8) is 0 Å². The van der Waals surface area contributed by atoms with Gasteiger partial charge in [0.05, 0.1) is 23.6 Å². The number of imide groups is 1. The number of methoxy groups -OCH3 is 1. The Morgan fingerprint density at radius 2 is 1.75 bits per heavy atom. The van der Waals surface area contributed by atoms with E-state index in [0.717, 1.165) is 26.7 Å². The summed E-state index contributed by atoms with van der Waals surface area (Å²) in [5.74, 6) is -0.645. The largest absolute Gasteiger partial charge is 0.493 e. The van der Waals surface area contributed by atoms with Gasteiger partial charge in [-0.1, -0.05) is 57.3 Å². The van der Waals surface area contributed by atoms with Crippen LogP contribution in [0.15, 0.2) is 74.9 Å². The van der Waals surface area contributed by atoms with Crippen LogP contribution in [-0.2, 0) is 21.5 Å². The lowest BCUT2D eigenvalue weighted by Crippen LogP contribution is -2.27. The molecule has 2 amide bonds. The van der Waals surface area contributed by atoms with Gasteiger partial charge in [0.25, 0.3) is 11.1 Å². The van der Waals surface area contributed by atoms with Gasteiger partial charge in [-0.15, -0.1) is 0 Å². The first-order valence-electron chi connectivity index (χ1n) is 10.2. The van der Waals surface area contributed by atoms with E-state index in [4.69, 9.17) is 32.1 Å². The Bertz CT molecular complexity index is 1490. The lowest BCUT2D eigenvalue weighted by atomic mass is 10.1. The number of nitrogens with zero attached hydrogens (tertiary/aromatic N) is 1. The Labute approximate surface area is 230 Å². The highest BCUT2D eigenvalue weighted by atomic mass is 79.9. The number of hydrogen-bond acceptors (Lipinski definition) is 7. The van der Waals surface area contributed by atoms with Gasteiger partial charge >= 0.3 is 10.1 Å². The fourth-order valence-corrected chi connectivity index (χ4v) is 5.88. The Hall–Kier alpha value is -2.50. The van der Waals surface area contributed by atoms with E-state index in [2.05, 4.69) is 15.9 Å². The number of halogens is 3. The maximum absolute atomic E-state index is 12.9. The van der Waals surface area contributed by atoms with Crippen LogP contribution in [0.2, 0.25) is 10.0 Å². The fourth-order valence-electron chi connectivity index (χ4n) is 3.25. The molecule has 0 atom stereocenters. The molecule has 36 heavy (non-hydrogen) atoms. The van der Waals surface area contributed by atoms with Crippen LogP contribution in [0.25, 0.3) is 6.08 Å². The maximum Gasteiger partial charge on any atom is 0.339 e. The van der Waals surface area contributed by atoms with Crippen LogP contribution < -0.4 is 8.92 Å². The molecule has 4 rings (SSSR count). The molecule has 0 aliphatic carbocycles. The second-order valence-corrected chi connectivity index (χ2v) is 11.6. The van der Waals surface area contributed by atoms with E-state index >= 15 is 0 Å². The van der Waals surface area contributed by atoms with E-state index in [9.17, 15) is 18.0 Å². The van der Waals surface area contributed by atoms with Crippen LogP contribution in [0.3, 0.4) is 0 Å². The summed E-state index contributed by atoms with van der Waals surface area (Å²) < 4.78 is 36.7. The summed E-state index contributed by atoms with van der Waals surface area (Å²) in [7, 11) is -2.91. The third kappa shape index (κ3) is 5.73. The Kier molecular flexibility index (Phi) is 8.01. The third-order valence-electron chi connectivity index (χ3n) is 5.00. The number of carbonyl (C=O) groups is 2. The first-order valence-corrected chi connectivity index (χ1v) is 13.9. The quantitative estimate of drug-likeness (QED) is 0.211. The fraction of sp³-hybridized carbons (Fsp3) is 0.0833. The number of ether oxygens (including phenoxy) is 1. The van der Waals surface area contributed by atoms with Gasteiger partial charge in [0.2, 0.25) is 5.75 Å². The van der Waals surface area contributed by atoms with Gasteiger partial charge in [0, 0.05) is 9.50 Å². The van der Waals surface area contributed by atoms with E-state index in [1.54, 1.807) is 0 Å². The number of hydrogen-bond donors (Lipinski definition) is 0. The Balaban J connectivity index is 1.60. The zero-order valence-corrected chi connectivity index (χ0v) is 23.1. The zero-order chi connectivity index (χ0) is 26.0. The second kappa shape index (κ2) is 10.9. The molecule has 1 fully saturated rings. The smallest absolute Gasteiger partial charge is 0.339 e. The molecule has 0 bridgehead atoms. The highest BCUT2D eigenvalue weighted by Gasteiger charge is 2.35. The molecule has 0 radical (unpaired) electrons. The average Bonchev–Trinajstić information content (AvgIpc) is 3.09. The molecule has 1 aliphatic heterocycles. The average molecular weight is 629 g/mol. The molecule has 1 heterocycles. The molecule has 0 unspecified atom stereocenters. The zero-order valence-electron chi connectivity index (χ0n) is 18.4. The minimum Gasteiger partial charge on any atom is -0.493 e. The highest BCUT2D eigenvalue weighted by Crippen LogP contribution is 2.40. The summed E-state index contributed by atoms with van der Waals surface area (Å²) in [6.45, 7) is 0.114. The summed E-state index contributed by atoms with van der Waals surface area (Å²) in [5, 5.41) is -0.102. The lowest BCUT2D eigenvalue weighted by molar-refractivity contribution is -0.123. The van der Waals surface area contributed by atoms with Gasteiger partial charge in [-0.05, 0) is 71.4 Å². The molecule has 1 aliphatic rings. The lowest BCUT2D eigenvalue weighted by Gasteiger charge is -2.14. The molecular weight excluding hydrogens is 613 g/mol. The maximum atomic E-state index is 12.9. The van der Waals surface area contributed by atoms with Crippen molar-refractivity contribution in [2.24, 2.45) is 0 Å². The Morgan fingerprint density at radius 1 is 1.06 bits per heavy atom. The predicted octanol–water partition coefficient (Wildman–Crippen LogP) is 6.77. The third-order valence-corrected chi connectivity index (χ3v) is 8.45. The number of thioether (sulfide) groups is 1. The molecule has 12 heteroatoms. The molecule has 0 saturated carbocycles. The first-order chi connectivity index (χ1) is 17.1. The number of benzene rings is 3. The van der Waals surface area contributed by atoms with Crippen LogP contribution in [-0.4, -0.2) is 31.6 Å². The summed E-state index contributed by atoms with van der Waals surface area (Å²) >= 11 is 16.4. The van der Waals surface area contributed by atoms with Crippen LogP contribution >= 0.6 is 50.9 Å². The van der Waals surface area contributed by atoms with Gasteiger partial charge in [0.15, 0.2) is 5.75 Å². The van der Waals surface area contributed by atoms with E-state index in [-0.39, 0.29) is 32.9 Å². The van der Waals surface area contributed by atoms with Crippen molar-refractivity contribution in [1.29, 1.82) is 0 Å². The topological polar surface area (TPSA) is 90.0 Å². The minimum atomic E-state index is -4.23. The highest BCUT2D eigenvalue weighted by molar-refractivity contribution is 9.10. The monoisotopic (exact) mass is 627 g/mol. The molecule has 7 nitrogen and oxygen atoms in total. The molecule has 0 aromatic heterocycles. The van der Waals surface area contributed by atoms with Crippen LogP contribution in [0.1, 0.15) is 11.1 Å². The summed E-state index contributed by atoms with van der Waals surface area (Å²) in [6.07, 6.45) is 1.48. The second-order valence-electron chi connectivity index (χ2n) is 7.38. The van der Waals surface area contributed by atoms with Crippen molar-refractivity contribution in [2.75, 3.05) is 7.11 Å². The molecule has 3 aromatic carbocycles. The van der Waals surface area contributed by atoms with E-state index in [1.807, 2.05) is 24.3 Å². The van der Waals surface area contributed by atoms with Crippen molar-refractivity contribution in [1.82, 2.24) is 4.90 Å². The van der Waals surface area contributed by atoms with Gasteiger partial charge < -0.3 is 8.92 Å². The molecular formula is C24H16BrCl2NO6S2. The normalized spacial score (nSPS) is 15.0. The number of carbonyl (C=O) groups excluding carboxylic acids is 2. The Morgan fingerprint density at radius 3 is 2.42 bits per heavy atom. The van der Waals surface area contributed by atoms with Gasteiger partial charge in [-0.25, -0.2) is 0 Å². The van der Waals surface area contributed by atoms with Crippen molar-refractivity contribution in [3.8, 4) is 11.5 Å². The number of rotatable bonds is 7. The van der Waals surface area contributed by atoms with E-state index in [1.165, 1.54) is 49.6 Å². The summed E-state index contributed by atoms with van der Waals surface area (Å²) in [4.78, 5) is 26.7. The number of amides is 2. The van der Waals surface area contributed by atoms with Gasteiger partial charge in [0.1, 0.15) is 4.90 Å². The molecule has 0 spiro atoms. The predicted molar refractivity (Wildman–Crippen MR) is 143 cm³/mol. The summed E-state index contributed by atoms with van der Waals surface area (Å²) in [6, 6.07) is 15.6. The minimum absolute atomic E-state index is 0.0266. The van der Waals surface area contributed by atoms with Crippen molar-refractivity contribution >= 4 is 78.2 Å². The van der Waals surface area contributed by atoms with Crippen molar-refractivity contribution in [3.05, 3.63) is 91.2 Å². The van der Waals surface area contributed by atoms with E-state index in [0.29, 0.717) is 10.6 Å². The van der Waals surface area contributed by atoms with Crippen LogP contribution in [0.5, 0.6) is 11.5 Å². The van der Waals surface area contributed by atoms with Crippen molar-refractivity contribution in [2.45, 2.75) is 11.4 Å². The van der Waals surface area contributed by atoms with E-state index < -0.39 is 21.3 Å². The molecule has 1 saturated heterocycles. The molecule has 0 N–H and O–H groups in total. The first kappa shape index (κ1) is 26.6. The van der Waals surface area contributed by atoms with Crippen molar-refractivity contribution < 1.29 is 26.9 Å². The van der Waals surface area contributed by atoms with Crippen LogP contribution in [0, 0.1) is 0 Å². The molecule has 186 valence electrons. The van der Waals surface area contributed by atoms with Crippen LogP contribution in [0.4, 0.5) is 4.79 Å².